The Morgan fingerprint density at radius 2 is 0.955 bits per heavy atom. The number of nitrogens with zero attached hydrogens (tertiary/aromatic N) is 2. The molecule has 0 saturated heterocycles. The minimum Gasteiger partial charge on any atom is -0.454 e. The molecule has 44 heavy (non-hydrogen) atoms. The summed E-state index contributed by atoms with van der Waals surface area (Å²) >= 11 is 0. The Kier molecular flexibility index (Phi) is 6.47. The van der Waals surface area contributed by atoms with Gasteiger partial charge in [0, 0.05) is 17.6 Å². The molecular weight excluding hydrogens is 536 g/mol. The predicted octanol–water partition coefficient (Wildman–Crippen LogP) is 11.5. The molecule has 0 amide bonds. The summed E-state index contributed by atoms with van der Waals surface area (Å²) in [5.41, 5.74) is 12.5. The summed E-state index contributed by atoms with van der Waals surface area (Å²) in [5, 5.41) is 0.988. The van der Waals surface area contributed by atoms with E-state index in [1.54, 1.807) is 0 Å². The van der Waals surface area contributed by atoms with Crippen molar-refractivity contribution < 1.29 is 4.42 Å². The summed E-state index contributed by atoms with van der Waals surface area (Å²) in [5.74, 6) is 0. The highest BCUT2D eigenvalue weighted by molar-refractivity contribution is 6.11. The molecule has 0 aliphatic carbocycles. The highest BCUT2D eigenvalue weighted by Gasteiger charge is 2.21. The summed E-state index contributed by atoms with van der Waals surface area (Å²) in [4.78, 5) is 7.10. The molecule has 8 aromatic rings. The topological polar surface area (TPSA) is 29.3 Å². The van der Waals surface area contributed by atoms with Gasteiger partial charge in [-0.3, -0.25) is 4.98 Å². The first-order chi connectivity index (χ1) is 21.8. The van der Waals surface area contributed by atoms with Crippen molar-refractivity contribution in [3.8, 4) is 33.4 Å². The summed E-state index contributed by atoms with van der Waals surface area (Å²) < 4.78 is 6.29. The average molecular weight is 565 g/mol. The largest absolute Gasteiger partial charge is 0.454 e. The predicted molar refractivity (Wildman–Crippen MR) is 183 cm³/mol. The van der Waals surface area contributed by atoms with Gasteiger partial charge in [0.1, 0.15) is 11.1 Å². The number of benzene rings is 6. The molecule has 0 N–H and O–H groups in total. The van der Waals surface area contributed by atoms with E-state index in [4.69, 9.17) is 9.40 Å². The first kappa shape index (κ1) is 25.8. The zero-order valence-electron chi connectivity index (χ0n) is 24.0. The number of pyridine rings is 1. The van der Waals surface area contributed by atoms with Crippen molar-refractivity contribution in [1.82, 2.24) is 4.98 Å². The second kappa shape index (κ2) is 11.0. The molecule has 0 fully saturated rings. The van der Waals surface area contributed by atoms with E-state index in [1.807, 2.05) is 30.5 Å². The van der Waals surface area contributed by atoms with Crippen LogP contribution in [0.15, 0.2) is 174 Å². The van der Waals surface area contributed by atoms with E-state index < -0.39 is 0 Å². The Morgan fingerprint density at radius 1 is 0.409 bits per heavy atom. The van der Waals surface area contributed by atoms with E-state index in [-0.39, 0.29) is 0 Å². The number of hydrogen-bond acceptors (Lipinski definition) is 3. The quantitative estimate of drug-likeness (QED) is 0.201. The van der Waals surface area contributed by atoms with Crippen LogP contribution < -0.4 is 4.90 Å². The van der Waals surface area contributed by atoms with Gasteiger partial charge in [-0.15, -0.1) is 0 Å². The van der Waals surface area contributed by atoms with Crippen LogP contribution in [0.1, 0.15) is 0 Å². The maximum Gasteiger partial charge on any atom is 0.153 e. The SMILES string of the molecule is c1ccc(-c2ccc(N(c3cc(-c4ccccc4)cc(-c4ccccc4)c3)c3cccc4oc5cccnc5c34)cc2)cc1. The lowest BCUT2D eigenvalue weighted by Crippen LogP contribution is -2.11. The summed E-state index contributed by atoms with van der Waals surface area (Å²) in [7, 11) is 0. The highest BCUT2D eigenvalue weighted by Crippen LogP contribution is 2.44. The average Bonchev–Trinajstić information content (AvgIpc) is 3.49. The minimum absolute atomic E-state index is 0.775. The van der Waals surface area contributed by atoms with Crippen molar-refractivity contribution >= 4 is 39.1 Å². The van der Waals surface area contributed by atoms with E-state index in [2.05, 4.69) is 144 Å². The maximum atomic E-state index is 6.29. The molecular formula is C41H28N2O. The fourth-order valence-electron chi connectivity index (χ4n) is 6.00. The van der Waals surface area contributed by atoms with Gasteiger partial charge in [0.05, 0.1) is 11.1 Å². The monoisotopic (exact) mass is 564 g/mol. The number of furan rings is 1. The molecule has 2 heterocycles. The summed E-state index contributed by atoms with van der Waals surface area (Å²) in [6, 6.07) is 57.4. The van der Waals surface area contributed by atoms with Gasteiger partial charge in [0.15, 0.2) is 5.58 Å². The zero-order chi connectivity index (χ0) is 29.3. The number of aromatic nitrogens is 1. The molecule has 0 bridgehead atoms. The molecule has 3 heteroatoms. The fraction of sp³-hybridized carbons (Fsp3) is 0. The lowest BCUT2D eigenvalue weighted by Gasteiger charge is -2.27. The maximum absolute atomic E-state index is 6.29. The fourth-order valence-corrected chi connectivity index (χ4v) is 6.00. The first-order valence-electron chi connectivity index (χ1n) is 14.8. The molecule has 8 rings (SSSR count). The van der Waals surface area contributed by atoms with Crippen molar-refractivity contribution in [1.29, 1.82) is 0 Å². The Hall–Kier alpha value is -5.93. The molecule has 0 aliphatic heterocycles. The van der Waals surface area contributed by atoms with Gasteiger partial charge in [0.2, 0.25) is 0 Å². The highest BCUT2D eigenvalue weighted by atomic mass is 16.3. The summed E-state index contributed by atoms with van der Waals surface area (Å²) in [6.45, 7) is 0. The molecule has 0 aliphatic rings. The van der Waals surface area contributed by atoms with Crippen molar-refractivity contribution in [2.24, 2.45) is 0 Å². The smallest absolute Gasteiger partial charge is 0.153 e. The number of anilines is 3. The molecule has 6 aromatic carbocycles. The Morgan fingerprint density at radius 3 is 1.57 bits per heavy atom. The van der Waals surface area contributed by atoms with Gasteiger partial charge in [-0.05, 0) is 88.0 Å². The molecule has 0 saturated carbocycles. The van der Waals surface area contributed by atoms with Crippen molar-refractivity contribution in [2.45, 2.75) is 0 Å². The van der Waals surface area contributed by atoms with Crippen LogP contribution in [0.5, 0.6) is 0 Å². The van der Waals surface area contributed by atoms with Crippen LogP contribution in [-0.2, 0) is 0 Å². The van der Waals surface area contributed by atoms with Gasteiger partial charge in [0.25, 0.3) is 0 Å². The van der Waals surface area contributed by atoms with Gasteiger partial charge in [-0.25, -0.2) is 0 Å². The van der Waals surface area contributed by atoms with E-state index >= 15 is 0 Å². The Balaban J connectivity index is 1.39. The van der Waals surface area contributed by atoms with Crippen molar-refractivity contribution in [3.05, 3.63) is 170 Å². The number of hydrogen-bond donors (Lipinski definition) is 0. The normalized spacial score (nSPS) is 11.2. The van der Waals surface area contributed by atoms with Gasteiger partial charge >= 0.3 is 0 Å². The molecule has 0 atom stereocenters. The van der Waals surface area contributed by atoms with Crippen LogP contribution in [0.4, 0.5) is 17.1 Å². The van der Waals surface area contributed by atoms with Crippen LogP contribution in [0.2, 0.25) is 0 Å². The van der Waals surface area contributed by atoms with E-state index in [0.29, 0.717) is 0 Å². The van der Waals surface area contributed by atoms with E-state index in [9.17, 15) is 0 Å². The third-order valence-corrected chi connectivity index (χ3v) is 8.10. The van der Waals surface area contributed by atoms with Crippen molar-refractivity contribution in [3.63, 3.8) is 0 Å². The Bertz CT molecular complexity index is 2150. The van der Waals surface area contributed by atoms with Crippen molar-refractivity contribution in [2.75, 3.05) is 4.90 Å². The zero-order valence-corrected chi connectivity index (χ0v) is 24.0. The third kappa shape index (κ3) is 4.71. The number of rotatable bonds is 6. The number of fused-ring (bicyclic) bond motifs is 3. The van der Waals surface area contributed by atoms with Gasteiger partial charge < -0.3 is 9.32 Å². The molecule has 2 aromatic heterocycles. The second-order valence-electron chi connectivity index (χ2n) is 10.9. The van der Waals surface area contributed by atoms with Crippen LogP contribution in [0.3, 0.4) is 0 Å². The molecule has 0 radical (unpaired) electrons. The summed E-state index contributed by atoms with van der Waals surface area (Å²) in [6.07, 6.45) is 1.83. The molecule has 0 spiro atoms. The standard InChI is InChI=1S/C41H28N2O/c1-4-12-29(13-5-1)32-21-23-35(24-22-32)43(37-18-10-19-38-40(37)41-39(44-38)20-11-25-42-41)36-27-33(30-14-6-2-7-15-30)26-34(28-36)31-16-8-3-9-17-31/h1-28H. The molecule has 208 valence electrons. The van der Waals surface area contributed by atoms with E-state index in [0.717, 1.165) is 50.3 Å². The molecule has 3 nitrogen and oxygen atoms in total. The first-order valence-corrected chi connectivity index (χ1v) is 14.8. The van der Waals surface area contributed by atoms with Crippen LogP contribution in [0, 0.1) is 0 Å². The molecule has 0 unspecified atom stereocenters. The second-order valence-corrected chi connectivity index (χ2v) is 10.9. The van der Waals surface area contributed by atoms with Gasteiger partial charge in [-0.1, -0.05) is 109 Å². The lowest BCUT2D eigenvalue weighted by molar-refractivity contribution is 0.668. The third-order valence-electron chi connectivity index (χ3n) is 8.10. The Labute approximate surface area is 256 Å². The minimum atomic E-state index is 0.775. The van der Waals surface area contributed by atoms with Crippen LogP contribution in [-0.4, -0.2) is 4.98 Å². The van der Waals surface area contributed by atoms with Gasteiger partial charge in [-0.2, -0.15) is 0 Å². The van der Waals surface area contributed by atoms with Crippen LogP contribution in [0.25, 0.3) is 55.4 Å². The lowest BCUT2D eigenvalue weighted by atomic mass is 9.97. The van der Waals surface area contributed by atoms with E-state index in [1.165, 1.54) is 22.3 Å². The van der Waals surface area contributed by atoms with Crippen LogP contribution >= 0.6 is 0 Å².